The zero-order chi connectivity index (χ0) is 14.5. The highest BCUT2D eigenvalue weighted by Crippen LogP contribution is 2.14. The van der Waals surface area contributed by atoms with Crippen molar-refractivity contribution < 1.29 is 9.18 Å². The van der Waals surface area contributed by atoms with Gasteiger partial charge in [0.15, 0.2) is 0 Å². The topological polar surface area (TPSA) is 67.1 Å². The van der Waals surface area contributed by atoms with E-state index in [1.807, 2.05) is 6.92 Å². The molecular formula is C15H16FN3O. The van der Waals surface area contributed by atoms with Crippen molar-refractivity contribution in [3.63, 3.8) is 0 Å². The van der Waals surface area contributed by atoms with Crippen molar-refractivity contribution in [1.82, 2.24) is 5.32 Å². The molecule has 0 heterocycles. The molecule has 0 unspecified atom stereocenters. The van der Waals surface area contributed by atoms with Gasteiger partial charge in [0, 0.05) is 23.4 Å². The number of amides is 1. The Morgan fingerprint density at radius 1 is 1.25 bits per heavy atom. The van der Waals surface area contributed by atoms with E-state index < -0.39 is 0 Å². The minimum Gasteiger partial charge on any atom is -0.348 e. The molecular weight excluding hydrogens is 257 g/mol. The molecule has 0 spiro atoms. The lowest BCUT2D eigenvalue weighted by molar-refractivity contribution is 0.0950. The molecule has 4 N–H and O–H groups in total. The van der Waals surface area contributed by atoms with Gasteiger partial charge in [0.2, 0.25) is 0 Å². The molecule has 104 valence electrons. The van der Waals surface area contributed by atoms with E-state index in [0.717, 1.165) is 11.3 Å². The van der Waals surface area contributed by atoms with E-state index in [0.29, 0.717) is 11.1 Å². The van der Waals surface area contributed by atoms with Gasteiger partial charge in [-0.2, -0.15) is 0 Å². The zero-order valence-electron chi connectivity index (χ0n) is 11.1. The molecule has 0 aliphatic heterocycles. The summed E-state index contributed by atoms with van der Waals surface area (Å²) >= 11 is 0. The van der Waals surface area contributed by atoms with Gasteiger partial charge >= 0.3 is 0 Å². The van der Waals surface area contributed by atoms with Gasteiger partial charge in [-0.25, -0.2) is 4.39 Å². The summed E-state index contributed by atoms with van der Waals surface area (Å²) in [7, 11) is 0. The van der Waals surface area contributed by atoms with Crippen molar-refractivity contribution in [1.29, 1.82) is 0 Å². The maximum atomic E-state index is 13.4. The van der Waals surface area contributed by atoms with Crippen LogP contribution in [0.2, 0.25) is 0 Å². The number of rotatable bonds is 4. The van der Waals surface area contributed by atoms with E-state index in [2.05, 4.69) is 10.7 Å². The van der Waals surface area contributed by atoms with Gasteiger partial charge in [0.05, 0.1) is 0 Å². The summed E-state index contributed by atoms with van der Waals surface area (Å²) < 4.78 is 13.4. The molecule has 0 atom stereocenters. The van der Waals surface area contributed by atoms with Gasteiger partial charge < -0.3 is 10.7 Å². The minimum absolute atomic E-state index is 0.155. The number of hydrazine groups is 1. The lowest BCUT2D eigenvalue weighted by Gasteiger charge is -2.10. The Morgan fingerprint density at radius 2 is 2.00 bits per heavy atom. The van der Waals surface area contributed by atoms with Crippen LogP contribution in [0, 0.1) is 12.7 Å². The Balaban J connectivity index is 2.07. The van der Waals surface area contributed by atoms with Crippen molar-refractivity contribution in [3.05, 3.63) is 65.0 Å². The second-order valence-corrected chi connectivity index (χ2v) is 4.45. The van der Waals surface area contributed by atoms with E-state index in [-0.39, 0.29) is 18.3 Å². The normalized spacial score (nSPS) is 10.2. The molecule has 0 radical (unpaired) electrons. The summed E-state index contributed by atoms with van der Waals surface area (Å²) in [6, 6.07) is 11.5. The standard InChI is InChI=1S/C15H16FN3O/c1-10-8-12(19-17)6-7-13(10)15(20)18-9-11-4-2-3-5-14(11)16/h2-8,19H,9,17H2,1H3,(H,18,20). The first kappa shape index (κ1) is 14.0. The molecule has 0 aromatic heterocycles. The molecule has 0 aliphatic rings. The quantitative estimate of drug-likeness (QED) is 0.591. The van der Waals surface area contributed by atoms with Crippen molar-refractivity contribution in [2.45, 2.75) is 13.5 Å². The van der Waals surface area contributed by atoms with Crippen LogP contribution in [0.3, 0.4) is 0 Å². The van der Waals surface area contributed by atoms with Crippen LogP contribution in [-0.2, 0) is 6.54 Å². The number of benzene rings is 2. The molecule has 0 saturated carbocycles. The first-order valence-electron chi connectivity index (χ1n) is 6.20. The fourth-order valence-corrected chi connectivity index (χ4v) is 1.92. The van der Waals surface area contributed by atoms with Crippen LogP contribution in [0.15, 0.2) is 42.5 Å². The molecule has 0 aliphatic carbocycles. The largest absolute Gasteiger partial charge is 0.348 e. The van der Waals surface area contributed by atoms with Gasteiger partial charge in [-0.05, 0) is 36.8 Å². The third-order valence-corrected chi connectivity index (χ3v) is 3.03. The first-order valence-corrected chi connectivity index (χ1v) is 6.20. The molecule has 5 heteroatoms. The average Bonchev–Trinajstić information content (AvgIpc) is 2.46. The molecule has 2 rings (SSSR count). The lowest BCUT2D eigenvalue weighted by atomic mass is 10.1. The first-order chi connectivity index (χ1) is 9.61. The Morgan fingerprint density at radius 3 is 2.65 bits per heavy atom. The van der Waals surface area contributed by atoms with Gasteiger partial charge in [-0.15, -0.1) is 0 Å². The van der Waals surface area contributed by atoms with Gasteiger partial charge in [-0.3, -0.25) is 10.6 Å². The summed E-state index contributed by atoms with van der Waals surface area (Å²) in [4.78, 5) is 12.1. The van der Waals surface area contributed by atoms with E-state index in [1.165, 1.54) is 6.07 Å². The Kier molecular flexibility index (Phi) is 4.32. The van der Waals surface area contributed by atoms with Crippen LogP contribution in [0.25, 0.3) is 0 Å². The van der Waals surface area contributed by atoms with Crippen LogP contribution in [0.4, 0.5) is 10.1 Å². The molecule has 2 aromatic carbocycles. The third kappa shape index (κ3) is 3.13. The third-order valence-electron chi connectivity index (χ3n) is 3.03. The number of halogens is 1. The average molecular weight is 273 g/mol. The fourth-order valence-electron chi connectivity index (χ4n) is 1.92. The summed E-state index contributed by atoms with van der Waals surface area (Å²) in [6.07, 6.45) is 0. The number of anilines is 1. The summed E-state index contributed by atoms with van der Waals surface area (Å²) in [5, 5.41) is 2.70. The van der Waals surface area contributed by atoms with Gasteiger partial charge in [0.25, 0.3) is 5.91 Å². The number of hydrogen-bond acceptors (Lipinski definition) is 3. The van der Waals surface area contributed by atoms with Crippen LogP contribution < -0.4 is 16.6 Å². The number of carbonyl (C=O) groups is 1. The molecule has 0 saturated heterocycles. The summed E-state index contributed by atoms with van der Waals surface area (Å²) in [5.41, 5.74) is 5.04. The second kappa shape index (κ2) is 6.16. The van der Waals surface area contributed by atoms with E-state index in [1.54, 1.807) is 36.4 Å². The van der Waals surface area contributed by atoms with Crippen molar-refractivity contribution >= 4 is 11.6 Å². The summed E-state index contributed by atoms with van der Waals surface area (Å²) in [6.45, 7) is 1.97. The van der Waals surface area contributed by atoms with Crippen molar-refractivity contribution in [2.24, 2.45) is 5.84 Å². The van der Waals surface area contributed by atoms with Crippen molar-refractivity contribution in [2.75, 3.05) is 5.43 Å². The predicted octanol–water partition coefficient (Wildman–Crippen LogP) is 2.35. The lowest BCUT2D eigenvalue weighted by Crippen LogP contribution is -2.24. The number of carbonyl (C=O) groups excluding carboxylic acids is 1. The maximum absolute atomic E-state index is 13.4. The smallest absolute Gasteiger partial charge is 0.251 e. The monoisotopic (exact) mass is 273 g/mol. The van der Waals surface area contributed by atoms with Crippen LogP contribution in [0.1, 0.15) is 21.5 Å². The molecule has 1 amide bonds. The Hall–Kier alpha value is -2.40. The number of nitrogens with one attached hydrogen (secondary N) is 2. The number of hydrogen-bond donors (Lipinski definition) is 3. The highest BCUT2D eigenvalue weighted by atomic mass is 19.1. The summed E-state index contributed by atoms with van der Waals surface area (Å²) in [5.74, 6) is 4.74. The highest BCUT2D eigenvalue weighted by Gasteiger charge is 2.10. The molecule has 0 bridgehead atoms. The second-order valence-electron chi connectivity index (χ2n) is 4.45. The Bertz CT molecular complexity index is 628. The van der Waals surface area contributed by atoms with Crippen LogP contribution >= 0.6 is 0 Å². The van der Waals surface area contributed by atoms with Gasteiger partial charge in [0.1, 0.15) is 5.82 Å². The molecule has 20 heavy (non-hydrogen) atoms. The Labute approximate surface area is 116 Å². The van der Waals surface area contributed by atoms with Gasteiger partial charge in [-0.1, -0.05) is 18.2 Å². The van der Waals surface area contributed by atoms with E-state index in [9.17, 15) is 9.18 Å². The van der Waals surface area contributed by atoms with E-state index in [4.69, 9.17) is 5.84 Å². The number of nitrogens with two attached hydrogens (primary N) is 1. The predicted molar refractivity (Wildman–Crippen MR) is 76.6 cm³/mol. The van der Waals surface area contributed by atoms with Crippen LogP contribution in [0.5, 0.6) is 0 Å². The highest BCUT2D eigenvalue weighted by molar-refractivity contribution is 5.96. The van der Waals surface area contributed by atoms with Crippen LogP contribution in [-0.4, -0.2) is 5.91 Å². The number of aryl methyl sites for hydroxylation is 1. The molecule has 2 aromatic rings. The fraction of sp³-hybridized carbons (Fsp3) is 0.133. The zero-order valence-corrected chi connectivity index (χ0v) is 11.1. The SMILES string of the molecule is Cc1cc(NN)ccc1C(=O)NCc1ccccc1F. The van der Waals surface area contributed by atoms with Crippen molar-refractivity contribution in [3.8, 4) is 0 Å². The van der Waals surface area contributed by atoms with E-state index >= 15 is 0 Å². The molecule has 4 nitrogen and oxygen atoms in total. The minimum atomic E-state index is -0.327. The number of nitrogen functional groups attached to an aromatic ring is 1. The maximum Gasteiger partial charge on any atom is 0.251 e. The molecule has 0 fully saturated rings.